The zero-order valence-corrected chi connectivity index (χ0v) is 26.1. The molecule has 0 unspecified atom stereocenters. The minimum Gasteiger partial charge on any atom is -0.0654 e. The quantitative estimate of drug-likeness (QED) is 0.0845. The molecule has 0 bridgehead atoms. The number of hydrogen-bond acceptors (Lipinski definition) is 2. The van der Waals surface area contributed by atoms with Gasteiger partial charge in [-0.2, -0.15) is 0 Å². The predicted octanol–water partition coefficient (Wildman–Crippen LogP) is 10.0. The van der Waals surface area contributed by atoms with E-state index in [1.165, 1.54) is 116 Å². The summed E-state index contributed by atoms with van der Waals surface area (Å²) in [6.45, 7) is 4.53. The molecule has 1 heterocycles. The first-order valence-electron chi connectivity index (χ1n) is 15.8. The van der Waals surface area contributed by atoms with Crippen LogP contribution in [-0.4, -0.2) is 26.3 Å². The van der Waals surface area contributed by atoms with E-state index in [0.717, 1.165) is 37.1 Å². The summed E-state index contributed by atoms with van der Waals surface area (Å²) in [4.78, 5) is 28.9. The van der Waals surface area contributed by atoms with Crippen LogP contribution in [0.4, 0.5) is 11.4 Å². The molecule has 0 saturated heterocycles. The standard InChI is InChI=1S/C32H58N2O2Se/c1-3-5-7-9-11-13-15-17-19-21-23-25-31(35)33-29-27-37-28-30(29)34-32(36)26-24-22-20-18-16-14-12-10-8-6-4-2/h27-28H,3-26H2,1-2H3,(H,33,35)(H,34,36). The molecule has 0 fully saturated rings. The Morgan fingerprint density at radius 3 is 1.05 bits per heavy atom. The van der Waals surface area contributed by atoms with Crippen molar-refractivity contribution in [3.8, 4) is 0 Å². The molecule has 5 heteroatoms. The van der Waals surface area contributed by atoms with Crippen molar-refractivity contribution >= 4 is 37.7 Å². The first-order chi connectivity index (χ1) is 18.2. The van der Waals surface area contributed by atoms with Crippen molar-refractivity contribution < 1.29 is 9.59 Å². The summed E-state index contributed by atoms with van der Waals surface area (Å²) in [5.74, 6) is 0.149. The van der Waals surface area contributed by atoms with E-state index in [-0.39, 0.29) is 26.3 Å². The summed E-state index contributed by atoms with van der Waals surface area (Å²) in [6, 6.07) is 0. The number of unbranched alkanes of at least 4 members (excludes halogenated alkanes) is 20. The molecule has 0 saturated carbocycles. The van der Waals surface area contributed by atoms with Crippen LogP contribution in [0.1, 0.15) is 168 Å². The molecule has 4 nitrogen and oxygen atoms in total. The average molecular weight is 582 g/mol. The zero-order chi connectivity index (χ0) is 26.8. The van der Waals surface area contributed by atoms with Gasteiger partial charge in [0.2, 0.25) is 0 Å². The Hall–Kier alpha value is -1.06. The Labute approximate surface area is 235 Å². The van der Waals surface area contributed by atoms with Crippen LogP contribution < -0.4 is 10.6 Å². The molecule has 2 amide bonds. The van der Waals surface area contributed by atoms with Crippen LogP contribution in [0.15, 0.2) is 9.88 Å². The van der Waals surface area contributed by atoms with Gasteiger partial charge in [-0.1, -0.05) is 65.2 Å². The van der Waals surface area contributed by atoms with Crippen LogP contribution in [0.5, 0.6) is 0 Å². The summed E-state index contributed by atoms with van der Waals surface area (Å²) in [5, 5.41) is 6.07. The number of carbonyl (C=O) groups excluding carboxylic acids is 2. The molecule has 0 aliphatic carbocycles. The van der Waals surface area contributed by atoms with Crippen molar-refractivity contribution in [2.75, 3.05) is 10.6 Å². The molecule has 0 aliphatic heterocycles. The van der Waals surface area contributed by atoms with E-state index < -0.39 is 0 Å². The summed E-state index contributed by atoms with van der Waals surface area (Å²) in [6.07, 6.45) is 29.4. The second kappa shape index (κ2) is 25.2. The summed E-state index contributed by atoms with van der Waals surface area (Å²) in [7, 11) is 0. The molecule has 0 aromatic carbocycles. The van der Waals surface area contributed by atoms with Crippen molar-refractivity contribution in [3.63, 3.8) is 0 Å². The third-order valence-electron chi connectivity index (χ3n) is 7.22. The fraction of sp³-hybridized carbons (Fsp3) is 0.812. The van der Waals surface area contributed by atoms with Gasteiger partial charge in [-0.25, -0.2) is 0 Å². The number of anilines is 2. The Morgan fingerprint density at radius 2 is 0.757 bits per heavy atom. The number of rotatable bonds is 26. The zero-order valence-electron chi connectivity index (χ0n) is 24.4. The third-order valence-corrected chi connectivity index (χ3v) is 8.78. The fourth-order valence-electron chi connectivity index (χ4n) is 4.82. The maximum absolute atomic E-state index is 12.4. The molecule has 0 spiro atoms. The molecule has 214 valence electrons. The number of amides is 2. The number of hydrogen-bond donors (Lipinski definition) is 2. The van der Waals surface area contributed by atoms with Gasteiger partial charge < -0.3 is 0 Å². The van der Waals surface area contributed by atoms with Crippen LogP contribution >= 0.6 is 0 Å². The first kappa shape index (κ1) is 34.0. The monoisotopic (exact) mass is 582 g/mol. The van der Waals surface area contributed by atoms with Crippen molar-refractivity contribution in [1.29, 1.82) is 0 Å². The van der Waals surface area contributed by atoms with Gasteiger partial charge in [0.15, 0.2) is 0 Å². The van der Waals surface area contributed by atoms with Crippen LogP contribution in [0.25, 0.3) is 0 Å². The van der Waals surface area contributed by atoms with Gasteiger partial charge in [-0.15, -0.1) is 0 Å². The van der Waals surface area contributed by atoms with Crippen LogP contribution in [0.2, 0.25) is 0 Å². The SMILES string of the molecule is CCCCCCCCCCCCCC(=O)Nc1c[se]cc1NC(=O)CCCCCCCCCCCCC. The molecule has 0 radical (unpaired) electrons. The van der Waals surface area contributed by atoms with Crippen molar-refractivity contribution in [2.45, 2.75) is 168 Å². The topological polar surface area (TPSA) is 58.2 Å². The van der Waals surface area contributed by atoms with E-state index in [1.54, 1.807) is 0 Å². The summed E-state index contributed by atoms with van der Waals surface area (Å²) >= 11 is 0.207. The van der Waals surface area contributed by atoms with Gasteiger partial charge in [0, 0.05) is 0 Å². The minimum absolute atomic E-state index is 0.0744. The minimum atomic E-state index is 0.0744. The fourth-order valence-corrected chi connectivity index (χ4v) is 6.31. The van der Waals surface area contributed by atoms with Crippen LogP contribution in [-0.2, 0) is 9.59 Å². The van der Waals surface area contributed by atoms with Crippen molar-refractivity contribution in [1.82, 2.24) is 0 Å². The van der Waals surface area contributed by atoms with E-state index in [9.17, 15) is 9.59 Å². The van der Waals surface area contributed by atoms with E-state index in [1.807, 2.05) is 0 Å². The predicted molar refractivity (Wildman–Crippen MR) is 163 cm³/mol. The van der Waals surface area contributed by atoms with E-state index in [0.29, 0.717) is 12.8 Å². The molecular weight excluding hydrogens is 523 g/mol. The summed E-state index contributed by atoms with van der Waals surface area (Å²) < 4.78 is 0. The van der Waals surface area contributed by atoms with Gasteiger partial charge in [-0.3, -0.25) is 0 Å². The van der Waals surface area contributed by atoms with Gasteiger partial charge in [-0.05, 0) is 0 Å². The number of carbonyl (C=O) groups is 2. The second-order valence-corrected chi connectivity index (χ2v) is 12.4. The molecule has 0 aliphatic rings. The van der Waals surface area contributed by atoms with Gasteiger partial charge in [0.25, 0.3) is 0 Å². The Bertz CT molecular complexity index is 619. The van der Waals surface area contributed by atoms with Gasteiger partial charge >= 0.3 is 171 Å². The Balaban J connectivity index is 2.03. The van der Waals surface area contributed by atoms with Gasteiger partial charge in [0.05, 0.1) is 0 Å². The van der Waals surface area contributed by atoms with Crippen molar-refractivity contribution in [2.24, 2.45) is 0 Å². The Kier molecular flexibility index (Phi) is 23.2. The molecular formula is C32H58N2O2Se. The molecule has 0 atom stereocenters. The smallest absolute Gasteiger partial charge is 0.0654 e. The van der Waals surface area contributed by atoms with E-state index in [4.69, 9.17) is 0 Å². The summed E-state index contributed by atoms with van der Waals surface area (Å²) in [5.41, 5.74) is 1.61. The molecule has 2 N–H and O–H groups in total. The number of nitrogens with one attached hydrogen (secondary N) is 2. The first-order valence-corrected chi connectivity index (χ1v) is 17.8. The molecule has 1 rings (SSSR count). The molecule has 37 heavy (non-hydrogen) atoms. The van der Waals surface area contributed by atoms with Crippen LogP contribution in [0.3, 0.4) is 0 Å². The van der Waals surface area contributed by atoms with E-state index in [2.05, 4.69) is 34.4 Å². The third kappa shape index (κ3) is 20.6. The van der Waals surface area contributed by atoms with Gasteiger partial charge in [0.1, 0.15) is 0 Å². The maximum atomic E-state index is 12.4. The average Bonchev–Trinajstić information content (AvgIpc) is 3.31. The Morgan fingerprint density at radius 1 is 0.486 bits per heavy atom. The molecule has 1 aromatic rings. The van der Waals surface area contributed by atoms with E-state index >= 15 is 0 Å². The van der Waals surface area contributed by atoms with Crippen LogP contribution in [0, 0.1) is 0 Å². The van der Waals surface area contributed by atoms with Crippen molar-refractivity contribution in [3.05, 3.63) is 9.88 Å². The normalized spacial score (nSPS) is 11.1. The second-order valence-electron chi connectivity index (χ2n) is 10.9. The molecule has 1 aromatic heterocycles.